The van der Waals surface area contributed by atoms with Crippen molar-refractivity contribution in [2.24, 2.45) is 4.99 Å². The number of hydrogen-bond acceptors (Lipinski definition) is 3. The summed E-state index contributed by atoms with van der Waals surface area (Å²) in [5.74, 6) is -0.234. The standard InChI is InChI=1S/C22H18FNS2/c1-17(16-25-20-10-6-3-7-11-20)22(24-19-8-4-2-5-9-19)26-21-14-12-18(23)13-15-21/h2-16H,1H3/b17-16+,24-22+. The molecule has 4 heteroatoms. The summed E-state index contributed by atoms with van der Waals surface area (Å²) in [7, 11) is 0. The average molecular weight is 380 g/mol. The molecule has 0 aliphatic heterocycles. The van der Waals surface area contributed by atoms with E-state index in [-0.39, 0.29) is 5.82 Å². The Bertz CT molecular complexity index is 888. The third-order valence-corrected chi connectivity index (χ3v) is 5.60. The summed E-state index contributed by atoms with van der Waals surface area (Å²) in [6, 6.07) is 26.6. The van der Waals surface area contributed by atoms with Crippen LogP contribution >= 0.6 is 23.5 Å². The van der Waals surface area contributed by atoms with Gasteiger partial charge >= 0.3 is 0 Å². The molecule has 3 aromatic rings. The third kappa shape index (κ3) is 5.61. The first-order valence-electron chi connectivity index (χ1n) is 8.17. The molecule has 26 heavy (non-hydrogen) atoms. The van der Waals surface area contributed by atoms with E-state index in [1.807, 2.05) is 55.5 Å². The minimum atomic E-state index is -0.234. The first kappa shape index (κ1) is 18.5. The zero-order valence-corrected chi connectivity index (χ0v) is 15.9. The summed E-state index contributed by atoms with van der Waals surface area (Å²) in [6.45, 7) is 2.05. The predicted molar refractivity (Wildman–Crippen MR) is 112 cm³/mol. The molecule has 3 aromatic carbocycles. The van der Waals surface area contributed by atoms with Crippen LogP contribution in [0.3, 0.4) is 0 Å². The van der Waals surface area contributed by atoms with Crippen LogP contribution in [0.2, 0.25) is 0 Å². The van der Waals surface area contributed by atoms with Gasteiger partial charge in [-0.3, -0.25) is 0 Å². The van der Waals surface area contributed by atoms with E-state index >= 15 is 0 Å². The molecule has 0 atom stereocenters. The van der Waals surface area contributed by atoms with Crippen molar-refractivity contribution in [3.8, 4) is 0 Å². The molecule has 1 nitrogen and oxygen atoms in total. The van der Waals surface area contributed by atoms with Gasteiger partial charge in [-0.05, 0) is 66.4 Å². The molecule has 0 unspecified atom stereocenters. The van der Waals surface area contributed by atoms with Crippen LogP contribution in [0.4, 0.5) is 10.1 Å². The van der Waals surface area contributed by atoms with Crippen LogP contribution in [-0.2, 0) is 0 Å². The van der Waals surface area contributed by atoms with Gasteiger partial charge in [0.25, 0.3) is 0 Å². The van der Waals surface area contributed by atoms with Crippen molar-refractivity contribution in [2.45, 2.75) is 16.7 Å². The first-order chi connectivity index (χ1) is 12.7. The first-order valence-corrected chi connectivity index (χ1v) is 9.86. The van der Waals surface area contributed by atoms with E-state index in [1.54, 1.807) is 23.9 Å². The van der Waals surface area contributed by atoms with Gasteiger partial charge in [0.1, 0.15) is 10.9 Å². The van der Waals surface area contributed by atoms with Crippen LogP contribution in [-0.4, -0.2) is 5.04 Å². The maximum atomic E-state index is 13.2. The highest BCUT2D eigenvalue weighted by Gasteiger charge is 2.07. The van der Waals surface area contributed by atoms with Crippen molar-refractivity contribution in [3.63, 3.8) is 0 Å². The second kappa shape index (κ2) is 9.41. The third-order valence-electron chi connectivity index (χ3n) is 3.47. The zero-order chi connectivity index (χ0) is 18.2. The number of nitrogens with zero attached hydrogens (tertiary/aromatic N) is 1. The van der Waals surface area contributed by atoms with Gasteiger partial charge in [-0.25, -0.2) is 9.38 Å². The Morgan fingerprint density at radius 3 is 2.08 bits per heavy atom. The second-order valence-electron chi connectivity index (χ2n) is 5.54. The number of hydrogen-bond donors (Lipinski definition) is 0. The van der Waals surface area contributed by atoms with E-state index in [0.717, 1.165) is 21.2 Å². The van der Waals surface area contributed by atoms with Gasteiger partial charge in [-0.2, -0.15) is 0 Å². The highest BCUT2D eigenvalue weighted by molar-refractivity contribution is 8.14. The quantitative estimate of drug-likeness (QED) is 0.261. The van der Waals surface area contributed by atoms with Crippen LogP contribution < -0.4 is 0 Å². The molecule has 0 radical (unpaired) electrons. The molecular weight excluding hydrogens is 361 g/mol. The van der Waals surface area contributed by atoms with Gasteiger partial charge in [0.15, 0.2) is 0 Å². The van der Waals surface area contributed by atoms with Gasteiger partial charge in [0.2, 0.25) is 0 Å². The Labute approximate surface area is 162 Å². The molecule has 0 N–H and O–H groups in total. The highest BCUT2D eigenvalue weighted by Crippen LogP contribution is 2.29. The van der Waals surface area contributed by atoms with Crippen molar-refractivity contribution in [1.82, 2.24) is 0 Å². The van der Waals surface area contributed by atoms with Crippen LogP contribution in [0, 0.1) is 5.82 Å². The van der Waals surface area contributed by atoms with Gasteiger partial charge in [-0.15, -0.1) is 0 Å². The molecule has 0 saturated heterocycles. The number of halogens is 1. The molecule has 0 fully saturated rings. The molecule has 0 spiro atoms. The smallest absolute Gasteiger partial charge is 0.123 e. The largest absolute Gasteiger partial charge is 0.241 e. The van der Waals surface area contributed by atoms with Gasteiger partial charge in [-0.1, -0.05) is 59.9 Å². The predicted octanol–water partition coefficient (Wildman–Crippen LogP) is 7.34. The molecule has 3 rings (SSSR count). The summed E-state index contributed by atoms with van der Waals surface area (Å²) >= 11 is 3.20. The molecule has 0 amide bonds. The van der Waals surface area contributed by atoms with Crippen molar-refractivity contribution in [2.75, 3.05) is 0 Å². The molecule has 130 valence electrons. The van der Waals surface area contributed by atoms with Crippen LogP contribution in [0.15, 0.2) is 111 Å². The maximum Gasteiger partial charge on any atom is 0.123 e. The topological polar surface area (TPSA) is 12.4 Å². The molecule has 0 heterocycles. The summed E-state index contributed by atoms with van der Waals surface area (Å²) in [5.41, 5.74) is 1.96. The summed E-state index contributed by atoms with van der Waals surface area (Å²) in [6.07, 6.45) is 0. The summed E-state index contributed by atoms with van der Waals surface area (Å²) < 4.78 is 13.2. The fraction of sp³-hybridized carbons (Fsp3) is 0.0455. The fourth-order valence-electron chi connectivity index (χ4n) is 2.13. The molecule has 0 aliphatic rings. The number of aliphatic imine (C=N–C) groups is 1. The lowest BCUT2D eigenvalue weighted by Crippen LogP contribution is -1.94. The molecule has 0 saturated carbocycles. The Hall–Kier alpha value is -2.30. The van der Waals surface area contributed by atoms with E-state index in [2.05, 4.69) is 17.5 Å². The van der Waals surface area contributed by atoms with Crippen molar-refractivity contribution < 1.29 is 4.39 Å². The van der Waals surface area contributed by atoms with Crippen LogP contribution in [0.25, 0.3) is 0 Å². The summed E-state index contributed by atoms with van der Waals surface area (Å²) in [4.78, 5) is 6.93. The van der Waals surface area contributed by atoms with Crippen LogP contribution in [0.5, 0.6) is 0 Å². The zero-order valence-electron chi connectivity index (χ0n) is 14.3. The number of benzene rings is 3. The normalized spacial score (nSPS) is 12.2. The van der Waals surface area contributed by atoms with E-state index in [9.17, 15) is 4.39 Å². The average Bonchev–Trinajstić information content (AvgIpc) is 2.69. The van der Waals surface area contributed by atoms with Gasteiger partial charge in [0, 0.05) is 9.79 Å². The van der Waals surface area contributed by atoms with Crippen LogP contribution in [0.1, 0.15) is 6.92 Å². The Morgan fingerprint density at radius 2 is 1.42 bits per heavy atom. The summed E-state index contributed by atoms with van der Waals surface area (Å²) in [5, 5.41) is 3.00. The van der Waals surface area contributed by atoms with Gasteiger partial charge in [0.05, 0.1) is 5.69 Å². The lowest BCUT2D eigenvalue weighted by atomic mass is 10.3. The van der Waals surface area contributed by atoms with E-state index in [4.69, 9.17) is 4.99 Å². The minimum Gasteiger partial charge on any atom is -0.241 e. The molecule has 0 bridgehead atoms. The minimum absolute atomic E-state index is 0.234. The molecule has 0 aliphatic carbocycles. The SMILES string of the molecule is CC(=C\Sc1ccccc1)/C(=N\c1ccccc1)Sc1ccc(F)cc1. The lowest BCUT2D eigenvalue weighted by molar-refractivity contribution is 0.626. The number of para-hydroxylation sites is 1. The Kier molecular flexibility index (Phi) is 6.69. The van der Waals surface area contributed by atoms with E-state index in [0.29, 0.717) is 0 Å². The van der Waals surface area contributed by atoms with Crippen molar-refractivity contribution in [1.29, 1.82) is 0 Å². The number of thioether (sulfide) groups is 2. The Balaban J connectivity index is 1.86. The Morgan fingerprint density at radius 1 is 0.808 bits per heavy atom. The number of rotatable bonds is 5. The molecule has 0 aromatic heterocycles. The highest BCUT2D eigenvalue weighted by atomic mass is 32.2. The van der Waals surface area contributed by atoms with Crippen molar-refractivity contribution >= 4 is 34.3 Å². The van der Waals surface area contributed by atoms with Crippen molar-refractivity contribution in [3.05, 3.63) is 102 Å². The van der Waals surface area contributed by atoms with E-state index in [1.165, 1.54) is 28.8 Å². The maximum absolute atomic E-state index is 13.2. The lowest BCUT2D eigenvalue weighted by Gasteiger charge is -2.08. The van der Waals surface area contributed by atoms with E-state index < -0.39 is 0 Å². The second-order valence-corrected chi connectivity index (χ2v) is 7.55. The molecular formula is C22H18FNS2. The fourth-order valence-corrected chi connectivity index (χ4v) is 3.81. The monoisotopic (exact) mass is 379 g/mol. The van der Waals surface area contributed by atoms with Gasteiger partial charge < -0.3 is 0 Å².